The minimum atomic E-state index is -0.405. The van der Waals surface area contributed by atoms with Crippen molar-refractivity contribution in [2.24, 2.45) is 5.92 Å². The summed E-state index contributed by atoms with van der Waals surface area (Å²) in [4.78, 5) is 12.0. The number of rotatable bonds is 8. The van der Waals surface area contributed by atoms with Crippen molar-refractivity contribution < 1.29 is 28.5 Å². The quantitative estimate of drug-likeness (QED) is 0.503. The number of hydrogen-bond acceptors (Lipinski definition) is 6. The fourth-order valence-electron chi connectivity index (χ4n) is 2.47. The van der Waals surface area contributed by atoms with Gasteiger partial charge in [0.25, 0.3) is 0 Å². The Labute approximate surface area is 139 Å². The summed E-state index contributed by atoms with van der Waals surface area (Å²) in [5, 5.41) is 0. The van der Waals surface area contributed by atoms with Crippen LogP contribution in [0, 0.1) is 5.92 Å². The van der Waals surface area contributed by atoms with Gasteiger partial charge in [0, 0.05) is 32.0 Å². The van der Waals surface area contributed by atoms with Crippen molar-refractivity contribution >= 4 is 5.97 Å². The standard InChI is InChI=1S/C17H30O6/c1-7-20-14(21-8-2)9-12-10-15(23-17(3,4)5)22-11-13(12)16(18)19-6/h11-12,14-15H,7-10H2,1-6H3/t12-,15?/m0/s1. The molecule has 0 spiro atoms. The van der Waals surface area contributed by atoms with Gasteiger partial charge in [-0.25, -0.2) is 4.79 Å². The summed E-state index contributed by atoms with van der Waals surface area (Å²) in [6.07, 6.45) is 1.78. The van der Waals surface area contributed by atoms with E-state index in [9.17, 15) is 4.79 Å². The summed E-state index contributed by atoms with van der Waals surface area (Å²) < 4.78 is 27.5. The van der Waals surface area contributed by atoms with Gasteiger partial charge in [-0.05, 0) is 34.6 Å². The summed E-state index contributed by atoms with van der Waals surface area (Å²) in [7, 11) is 1.36. The fraction of sp³-hybridized carbons (Fsp3) is 0.824. The molecule has 6 heteroatoms. The lowest BCUT2D eigenvalue weighted by Gasteiger charge is -2.34. The van der Waals surface area contributed by atoms with E-state index in [-0.39, 0.29) is 17.8 Å². The van der Waals surface area contributed by atoms with Crippen LogP contribution in [-0.4, -0.2) is 44.5 Å². The van der Waals surface area contributed by atoms with Crippen LogP contribution in [0.1, 0.15) is 47.5 Å². The molecular formula is C17H30O6. The Bertz CT molecular complexity index is 392. The third-order valence-corrected chi connectivity index (χ3v) is 3.35. The van der Waals surface area contributed by atoms with E-state index in [1.807, 2.05) is 34.6 Å². The molecule has 0 bridgehead atoms. The van der Waals surface area contributed by atoms with Crippen molar-refractivity contribution in [1.29, 1.82) is 0 Å². The van der Waals surface area contributed by atoms with Crippen LogP contribution >= 0.6 is 0 Å². The maximum atomic E-state index is 12.0. The Morgan fingerprint density at radius 3 is 2.39 bits per heavy atom. The molecule has 0 amide bonds. The first-order valence-electron chi connectivity index (χ1n) is 8.15. The van der Waals surface area contributed by atoms with Crippen molar-refractivity contribution in [1.82, 2.24) is 0 Å². The third kappa shape index (κ3) is 6.89. The molecule has 1 aliphatic heterocycles. The summed E-state index contributed by atoms with van der Waals surface area (Å²) >= 11 is 0. The van der Waals surface area contributed by atoms with E-state index in [1.165, 1.54) is 13.4 Å². The third-order valence-electron chi connectivity index (χ3n) is 3.35. The Hall–Kier alpha value is -1.11. The van der Waals surface area contributed by atoms with Crippen molar-refractivity contribution in [3.05, 3.63) is 11.8 Å². The molecule has 0 saturated heterocycles. The molecule has 134 valence electrons. The summed E-state index contributed by atoms with van der Waals surface area (Å²) in [6.45, 7) is 10.8. The minimum absolute atomic E-state index is 0.105. The van der Waals surface area contributed by atoms with Crippen LogP contribution < -0.4 is 0 Å². The van der Waals surface area contributed by atoms with Gasteiger partial charge in [0.05, 0.1) is 24.5 Å². The normalized spacial score (nSPS) is 21.8. The molecule has 0 radical (unpaired) electrons. The van der Waals surface area contributed by atoms with E-state index in [0.29, 0.717) is 31.6 Å². The second-order valence-electron chi connectivity index (χ2n) is 6.37. The number of esters is 1. The van der Waals surface area contributed by atoms with Crippen LogP contribution in [0.4, 0.5) is 0 Å². The van der Waals surface area contributed by atoms with Gasteiger partial charge in [0.15, 0.2) is 12.6 Å². The lowest BCUT2D eigenvalue weighted by Crippen LogP contribution is -2.36. The lowest BCUT2D eigenvalue weighted by atomic mass is 9.90. The molecule has 0 saturated carbocycles. The average Bonchev–Trinajstić information content (AvgIpc) is 2.45. The van der Waals surface area contributed by atoms with Crippen molar-refractivity contribution in [3.63, 3.8) is 0 Å². The van der Waals surface area contributed by atoms with Crippen molar-refractivity contribution in [3.8, 4) is 0 Å². The first kappa shape index (κ1) is 19.9. The van der Waals surface area contributed by atoms with Gasteiger partial charge in [-0.2, -0.15) is 0 Å². The molecule has 6 nitrogen and oxygen atoms in total. The average molecular weight is 330 g/mol. The van der Waals surface area contributed by atoms with Gasteiger partial charge >= 0.3 is 5.97 Å². The van der Waals surface area contributed by atoms with Crippen LogP contribution in [0.15, 0.2) is 11.8 Å². The Kier molecular flexibility index (Phi) is 8.02. The molecule has 0 aromatic heterocycles. The summed E-state index contributed by atoms with van der Waals surface area (Å²) in [5.74, 6) is -0.498. The highest BCUT2D eigenvalue weighted by atomic mass is 16.7. The first-order valence-corrected chi connectivity index (χ1v) is 8.15. The Morgan fingerprint density at radius 2 is 1.91 bits per heavy atom. The zero-order valence-electron chi connectivity index (χ0n) is 15.1. The zero-order valence-corrected chi connectivity index (χ0v) is 15.1. The highest BCUT2D eigenvalue weighted by Gasteiger charge is 2.34. The largest absolute Gasteiger partial charge is 0.472 e. The van der Waals surface area contributed by atoms with Gasteiger partial charge in [-0.1, -0.05) is 0 Å². The van der Waals surface area contributed by atoms with Gasteiger partial charge in [-0.15, -0.1) is 0 Å². The number of carbonyl (C=O) groups excluding carboxylic acids is 1. The SMILES string of the molecule is CCOC(C[C@H]1CC(OC(C)(C)C)OC=C1C(=O)OC)OCC. The molecule has 0 N–H and O–H groups in total. The van der Waals surface area contributed by atoms with E-state index in [0.717, 1.165) is 0 Å². The molecule has 0 aromatic carbocycles. The predicted octanol–water partition coefficient (Wildman–Crippen LogP) is 3.01. The number of hydrogen-bond donors (Lipinski definition) is 0. The molecule has 2 atom stereocenters. The van der Waals surface area contributed by atoms with Gasteiger partial charge in [-0.3, -0.25) is 0 Å². The Balaban J connectivity index is 2.84. The second kappa shape index (κ2) is 9.25. The van der Waals surface area contributed by atoms with E-state index < -0.39 is 12.3 Å². The molecule has 0 fully saturated rings. The van der Waals surface area contributed by atoms with E-state index in [1.54, 1.807) is 0 Å². The maximum absolute atomic E-state index is 12.0. The highest BCUT2D eigenvalue weighted by molar-refractivity contribution is 5.88. The smallest absolute Gasteiger partial charge is 0.337 e. The maximum Gasteiger partial charge on any atom is 0.337 e. The molecule has 0 aliphatic carbocycles. The van der Waals surface area contributed by atoms with Crippen LogP contribution in [0.25, 0.3) is 0 Å². The van der Waals surface area contributed by atoms with Crippen LogP contribution in [-0.2, 0) is 28.5 Å². The summed E-state index contributed by atoms with van der Waals surface area (Å²) in [5.41, 5.74) is 0.163. The van der Waals surface area contributed by atoms with Crippen LogP contribution in [0.2, 0.25) is 0 Å². The molecule has 1 aliphatic rings. The van der Waals surface area contributed by atoms with E-state index in [2.05, 4.69) is 0 Å². The zero-order chi connectivity index (χ0) is 17.5. The predicted molar refractivity (Wildman–Crippen MR) is 85.6 cm³/mol. The first-order chi connectivity index (χ1) is 10.8. The monoisotopic (exact) mass is 330 g/mol. The van der Waals surface area contributed by atoms with Crippen LogP contribution in [0.5, 0.6) is 0 Å². The van der Waals surface area contributed by atoms with Gasteiger partial charge in [0.2, 0.25) is 0 Å². The minimum Gasteiger partial charge on any atom is -0.472 e. The second-order valence-corrected chi connectivity index (χ2v) is 6.37. The molecule has 23 heavy (non-hydrogen) atoms. The topological polar surface area (TPSA) is 63.2 Å². The van der Waals surface area contributed by atoms with Crippen molar-refractivity contribution in [2.45, 2.75) is 65.6 Å². The van der Waals surface area contributed by atoms with Crippen LogP contribution in [0.3, 0.4) is 0 Å². The number of carbonyl (C=O) groups is 1. The molecule has 1 unspecified atom stereocenters. The highest BCUT2D eigenvalue weighted by Crippen LogP contribution is 2.32. The van der Waals surface area contributed by atoms with Gasteiger partial charge in [0.1, 0.15) is 0 Å². The summed E-state index contributed by atoms with van der Waals surface area (Å²) in [6, 6.07) is 0. The number of ether oxygens (including phenoxy) is 5. The molecule has 1 heterocycles. The van der Waals surface area contributed by atoms with E-state index >= 15 is 0 Å². The lowest BCUT2D eigenvalue weighted by molar-refractivity contribution is -0.192. The van der Waals surface area contributed by atoms with Crippen molar-refractivity contribution in [2.75, 3.05) is 20.3 Å². The molecule has 0 aromatic rings. The van der Waals surface area contributed by atoms with E-state index in [4.69, 9.17) is 23.7 Å². The molecule has 1 rings (SSSR count). The number of methoxy groups -OCH3 is 1. The Morgan fingerprint density at radius 1 is 1.30 bits per heavy atom. The van der Waals surface area contributed by atoms with Gasteiger partial charge < -0.3 is 23.7 Å². The fourth-order valence-corrected chi connectivity index (χ4v) is 2.47. The molecular weight excluding hydrogens is 300 g/mol.